The second kappa shape index (κ2) is 5.97. The molecule has 106 valence electrons. The Morgan fingerprint density at radius 1 is 1.37 bits per heavy atom. The molecule has 0 fully saturated rings. The first-order chi connectivity index (χ1) is 8.74. The van der Waals surface area contributed by atoms with Crippen molar-refractivity contribution in [3.05, 3.63) is 29.8 Å². The zero-order valence-corrected chi connectivity index (χ0v) is 11.1. The van der Waals surface area contributed by atoms with Crippen molar-refractivity contribution in [3.63, 3.8) is 0 Å². The minimum absolute atomic E-state index is 0.0213. The van der Waals surface area contributed by atoms with Gasteiger partial charge < -0.3 is 15.7 Å². The number of para-hydroxylation sites is 1. The van der Waals surface area contributed by atoms with Crippen LogP contribution in [0.15, 0.2) is 18.2 Å². The fourth-order valence-electron chi connectivity index (χ4n) is 1.24. The van der Waals surface area contributed by atoms with Crippen LogP contribution in [-0.2, 0) is 0 Å². The Balaban J connectivity index is 2.62. The standard InChI is InChI=1S/C13H18F2N2O2/c1-8(2)13(3,19)7-16-12(18)17-11-9(14)5-4-6-10(11)15/h4-6,8,19H,7H2,1-3H3,(H2,16,17,18). The number of halogens is 2. The number of amides is 2. The number of anilines is 1. The summed E-state index contributed by atoms with van der Waals surface area (Å²) in [5, 5.41) is 14.4. The fourth-order valence-corrected chi connectivity index (χ4v) is 1.24. The lowest BCUT2D eigenvalue weighted by Crippen LogP contribution is -2.45. The molecular weight excluding hydrogens is 254 g/mol. The molecular formula is C13H18F2N2O2. The third kappa shape index (κ3) is 4.17. The largest absolute Gasteiger partial charge is 0.388 e. The maximum atomic E-state index is 13.3. The van der Waals surface area contributed by atoms with Gasteiger partial charge in [0.15, 0.2) is 0 Å². The van der Waals surface area contributed by atoms with E-state index in [1.807, 2.05) is 0 Å². The number of aliphatic hydroxyl groups is 1. The van der Waals surface area contributed by atoms with Crippen LogP contribution in [0.25, 0.3) is 0 Å². The Morgan fingerprint density at radius 3 is 2.37 bits per heavy atom. The average Bonchev–Trinajstić information content (AvgIpc) is 2.31. The molecule has 19 heavy (non-hydrogen) atoms. The summed E-state index contributed by atoms with van der Waals surface area (Å²) < 4.78 is 26.6. The van der Waals surface area contributed by atoms with E-state index in [9.17, 15) is 18.7 Å². The van der Waals surface area contributed by atoms with Gasteiger partial charge in [-0.05, 0) is 25.0 Å². The van der Waals surface area contributed by atoms with Gasteiger partial charge in [0, 0.05) is 6.54 Å². The second-order valence-corrected chi connectivity index (χ2v) is 4.92. The first-order valence-corrected chi connectivity index (χ1v) is 5.95. The maximum absolute atomic E-state index is 13.3. The van der Waals surface area contributed by atoms with Gasteiger partial charge in [0.1, 0.15) is 17.3 Å². The normalized spacial score (nSPS) is 14.1. The summed E-state index contributed by atoms with van der Waals surface area (Å²) in [5.74, 6) is -1.78. The molecule has 4 nitrogen and oxygen atoms in total. The van der Waals surface area contributed by atoms with Crippen molar-refractivity contribution in [2.45, 2.75) is 26.4 Å². The van der Waals surface area contributed by atoms with Crippen molar-refractivity contribution >= 4 is 11.7 Å². The molecule has 1 unspecified atom stereocenters. The molecule has 0 aliphatic carbocycles. The van der Waals surface area contributed by atoms with E-state index in [1.54, 1.807) is 20.8 Å². The molecule has 3 N–H and O–H groups in total. The van der Waals surface area contributed by atoms with Crippen molar-refractivity contribution in [2.75, 3.05) is 11.9 Å². The summed E-state index contributed by atoms with van der Waals surface area (Å²) in [7, 11) is 0. The van der Waals surface area contributed by atoms with E-state index in [1.165, 1.54) is 6.07 Å². The zero-order valence-electron chi connectivity index (χ0n) is 11.1. The summed E-state index contributed by atoms with van der Waals surface area (Å²) >= 11 is 0. The van der Waals surface area contributed by atoms with Gasteiger partial charge in [-0.3, -0.25) is 0 Å². The van der Waals surface area contributed by atoms with Crippen molar-refractivity contribution in [1.29, 1.82) is 0 Å². The summed E-state index contributed by atoms with van der Waals surface area (Å²) in [6, 6.07) is 2.52. The number of urea groups is 1. The molecule has 0 saturated heterocycles. The molecule has 1 aromatic rings. The number of carbonyl (C=O) groups excluding carboxylic acids is 1. The third-order valence-corrected chi connectivity index (χ3v) is 3.05. The monoisotopic (exact) mass is 272 g/mol. The summed E-state index contributed by atoms with van der Waals surface area (Å²) in [5.41, 5.74) is -1.60. The SMILES string of the molecule is CC(C)C(C)(O)CNC(=O)Nc1c(F)cccc1F. The lowest BCUT2D eigenvalue weighted by molar-refractivity contribution is 0.0170. The van der Waals surface area contributed by atoms with E-state index < -0.39 is 29.0 Å². The smallest absolute Gasteiger partial charge is 0.319 e. The molecule has 0 heterocycles. The van der Waals surface area contributed by atoms with Gasteiger partial charge >= 0.3 is 6.03 Å². The molecule has 0 aliphatic rings. The van der Waals surface area contributed by atoms with Crippen LogP contribution in [0.4, 0.5) is 19.3 Å². The molecule has 0 bridgehead atoms. The number of carbonyl (C=O) groups is 1. The zero-order chi connectivity index (χ0) is 14.6. The van der Waals surface area contributed by atoms with Gasteiger partial charge in [-0.2, -0.15) is 0 Å². The van der Waals surface area contributed by atoms with Gasteiger partial charge in [0.05, 0.1) is 5.60 Å². The highest BCUT2D eigenvalue weighted by atomic mass is 19.1. The Labute approximate surface area is 110 Å². The Hall–Kier alpha value is -1.69. The molecule has 0 spiro atoms. The third-order valence-electron chi connectivity index (χ3n) is 3.05. The maximum Gasteiger partial charge on any atom is 0.319 e. The van der Waals surface area contributed by atoms with Crippen LogP contribution >= 0.6 is 0 Å². The topological polar surface area (TPSA) is 61.4 Å². The number of hydrogen-bond acceptors (Lipinski definition) is 2. The van der Waals surface area contributed by atoms with E-state index in [0.29, 0.717) is 0 Å². The fraction of sp³-hybridized carbons (Fsp3) is 0.462. The van der Waals surface area contributed by atoms with E-state index in [2.05, 4.69) is 10.6 Å². The highest BCUT2D eigenvalue weighted by molar-refractivity contribution is 5.89. The first-order valence-electron chi connectivity index (χ1n) is 5.95. The molecule has 1 atom stereocenters. The summed E-state index contributed by atoms with van der Waals surface area (Å²) in [6.45, 7) is 5.15. The average molecular weight is 272 g/mol. The van der Waals surface area contributed by atoms with Crippen molar-refractivity contribution < 1.29 is 18.7 Å². The summed E-state index contributed by atoms with van der Waals surface area (Å²) in [4.78, 5) is 11.5. The molecule has 0 aromatic heterocycles. The van der Waals surface area contributed by atoms with E-state index in [0.717, 1.165) is 12.1 Å². The minimum atomic E-state index is -1.09. The number of rotatable bonds is 4. The van der Waals surface area contributed by atoms with Gasteiger partial charge in [-0.15, -0.1) is 0 Å². The van der Waals surface area contributed by atoms with E-state index >= 15 is 0 Å². The van der Waals surface area contributed by atoms with Crippen LogP contribution in [0.3, 0.4) is 0 Å². The Bertz CT molecular complexity index is 442. The predicted octanol–water partition coefficient (Wildman–Crippen LogP) is 2.49. The van der Waals surface area contributed by atoms with Gasteiger partial charge in [0.2, 0.25) is 0 Å². The van der Waals surface area contributed by atoms with Crippen LogP contribution in [0, 0.1) is 17.6 Å². The predicted molar refractivity (Wildman–Crippen MR) is 68.8 cm³/mol. The van der Waals surface area contributed by atoms with Crippen LogP contribution in [0.2, 0.25) is 0 Å². The first kappa shape index (κ1) is 15.4. The highest BCUT2D eigenvalue weighted by Crippen LogP contribution is 2.18. The number of nitrogens with one attached hydrogen (secondary N) is 2. The van der Waals surface area contributed by atoms with Crippen LogP contribution in [0.1, 0.15) is 20.8 Å². The molecule has 1 rings (SSSR count). The van der Waals surface area contributed by atoms with Crippen molar-refractivity contribution in [1.82, 2.24) is 5.32 Å². The lowest BCUT2D eigenvalue weighted by Gasteiger charge is -2.27. The van der Waals surface area contributed by atoms with Crippen LogP contribution in [0.5, 0.6) is 0 Å². The minimum Gasteiger partial charge on any atom is -0.388 e. The van der Waals surface area contributed by atoms with Crippen molar-refractivity contribution in [3.8, 4) is 0 Å². The molecule has 6 heteroatoms. The summed E-state index contributed by atoms with van der Waals surface area (Å²) in [6.07, 6.45) is 0. The second-order valence-electron chi connectivity index (χ2n) is 4.92. The molecule has 1 aromatic carbocycles. The van der Waals surface area contributed by atoms with Crippen LogP contribution < -0.4 is 10.6 Å². The number of hydrogen-bond donors (Lipinski definition) is 3. The molecule has 0 saturated carbocycles. The van der Waals surface area contributed by atoms with Crippen molar-refractivity contribution in [2.24, 2.45) is 5.92 Å². The van der Waals surface area contributed by atoms with Crippen LogP contribution in [-0.4, -0.2) is 23.3 Å². The highest BCUT2D eigenvalue weighted by Gasteiger charge is 2.25. The van der Waals surface area contributed by atoms with Gasteiger partial charge in [-0.1, -0.05) is 19.9 Å². The van der Waals surface area contributed by atoms with E-state index in [-0.39, 0.29) is 12.5 Å². The van der Waals surface area contributed by atoms with Gasteiger partial charge in [-0.25, -0.2) is 13.6 Å². The Kier molecular flexibility index (Phi) is 4.83. The quantitative estimate of drug-likeness (QED) is 0.788. The van der Waals surface area contributed by atoms with Gasteiger partial charge in [0.25, 0.3) is 0 Å². The number of benzene rings is 1. The molecule has 2 amide bonds. The molecule has 0 aliphatic heterocycles. The molecule has 0 radical (unpaired) electrons. The Morgan fingerprint density at radius 2 is 1.89 bits per heavy atom. The van der Waals surface area contributed by atoms with E-state index in [4.69, 9.17) is 0 Å². The lowest BCUT2D eigenvalue weighted by atomic mass is 9.93.